The molecule has 0 fully saturated rings. The molecule has 0 aliphatic rings. The third kappa shape index (κ3) is 3.17. The van der Waals surface area contributed by atoms with Crippen molar-refractivity contribution in [1.82, 2.24) is 20.2 Å². The molecule has 0 saturated heterocycles. The van der Waals surface area contributed by atoms with Crippen molar-refractivity contribution in [3.05, 3.63) is 43.9 Å². The molecule has 3 aromatic rings. The van der Waals surface area contributed by atoms with Crippen LogP contribution in [-0.4, -0.2) is 25.3 Å². The Morgan fingerprint density at radius 3 is 2.73 bits per heavy atom. The first kappa shape index (κ1) is 15.5. The molecule has 0 aromatic carbocycles. The summed E-state index contributed by atoms with van der Waals surface area (Å²) < 4.78 is 0.729. The molecule has 3 aromatic heterocycles. The minimum Gasteiger partial charge on any atom is -0.376 e. The lowest BCUT2D eigenvalue weighted by molar-refractivity contribution is 0.101. The average Bonchev–Trinajstić information content (AvgIpc) is 3.08. The maximum atomic E-state index is 10.7. The zero-order chi connectivity index (χ0) is 15.7. The number of aromatic nitrogens is 4. The maximum Gasteiger partial charge on any atom is 0.211 e. The van der Waals surface area contributed by atoms with Crippen LogP contribution in [0.2, 0.25) is 0 Å². The van der Waals surface area contributed by atoms with E-state index in [0.717, 1.165) is 10.3 Å². The van der Waals surface area contributed by atoms with Gasteiger partial charge in [-0.25, -0.2) is 9.97 Å². The molecular weight excluding hydrogens is 386 g/mol. The van der Waals surface area contributed by atoms with E-state index in [1.165, 1.54) is 22.7 Å². The van der Waals surface area contributed by atoms with Crippen LogP contribution in [0.15, 0.2) is 28.2 Å². The average molecular weight is 398 g/mol. The van der Waals surface area contributed by atoms with Crippen LogP contribution in [0, 0.1) is 6.92 Å². The number of hydrogen-bond donors (Lipinski definition) is 2. The molecule has 3 rings (SSSR count). The van der Waals surface area contributed by atoms with E-state index in [1.807, 2.05) is 30.5 Å². The number of anilines is 2. The zero-order valence-corrected chi connectivity index (χ0v) is 15.0. The first-order chi connectivity index (χ1) is 10.4. The first-order valence-corrected chi connectivity index (χ1v) is 8.82. The standard InChI is InChI=1S/C13H12BrN5OS2/c1-7-6-21-10(15-7)13(2,20)11-18-19-12(22-11)17-9-5-3-4-8(14)16-9/h3-6,20H,1-2H3,(H,16,17,19)/t13-/m1/s1. The van der Waals surface area contributed by atoms with Crippen LogP contribution in [-0.2, 0) is 5.60 Å². The van der Waals surface area contributed by atoms with E-state index in [9.17, 15) is 5.11 Å². The minimum atomic E-state index is -1.25. The highest BCUT2D eigenvalue weighted by atomic mass is 79.9. The minimum absolute atomic E-state index is 0.486. The highest BCUT2D eigenvalue weighted by molar-refractivity contribution is 9.10. The predicted octanol–water partition coefficient (Wildman–Crippen LogP) is 3.46. The lowest BCUT2D eigenvalue weighted by Crippen LogP contribution is -2.22. The number of pyridine rings is 1. The van der Waals surface area contributed by atoms with Crippen molar-refractivity contribution in [3.63, 3.8) is 0 Å². The summed E-state index contributed by atoms with van der Waals surface area (Å²) in [6.45, 7) is 3.56. The van der Waals surface area contributed by atoms with Gasteiger partial charge in [-0.2, -0.15) is 0 Å². The number of nitrogens with one attached hydrogen (secondary N) is 1. The summed E-state index contributed by atoms with van der Waals surface area (Å²) in [7, 11) is 0. The van der Waals surface area contributed by atoms with Crippen molar-refractivity contribution in [2.45, 2.75) is 19.4 Å². The molecule has 2 N–H and O–H groups in total. The lowest BCUT2D eigenvalue weighted by Gasteiger charge is -2.16. The van der Waals surface area contributed by atoms with Gasteiger partial charge in [0, 0.05) is 11.1 Å². The van der Waals surface area contributed by atoms with Gasteiger partial charge in [0.1, 0.15) is 15.4 Å². The number of aliphatic hydroxyl groups is 1. The third-order valence-electron chi connectivity index (χ3n) is 2.83. The molecule has 0 aliphatic carbocycles. The van der Waals surface area contributed by atoms with Crippen molar-refractivity contribution in [3.8, 4) is 0 Å². The van der Waals surface area contributed by atoms with Gasteiger partial charge in [-0.3, -0.25) is 0 Å². The molecule has 0 aliphatic heterocycles. The summed E-state index contributed by atoms with van der Waals surface area (Å²) >= 11 is 5.99. The number of hydrogen-bond acceptors (Lipinski definition) is 8. The van der Waals surface area contributed by atoms with Crippen LogP contribution in [0.25, 0.3) is 0 Å². The Kier molecular flexibility index (Phi) is 4.22. The third-order valence-corrected chi connectivity index (χ3v) is 5.49. The molecule has 0 unspecified atom stereocenters. The number of thiazole rings is 1. The van der Waals surface area contributed by atoms with E-state index >= 15 is 0 Å². The van der Waals surface area contributed by atoms with E-state index in [1.54, 1.807) is 6.92 Å². The van der Waals surface area contributed by atoms with E-state index in [4.69, 9.17) is 0 Å². The van der Waals surface area contributed by atoms with Gasteiger partial charge in [0.15, 0.2) is 10.6 Å². The number of aryl methyl sites for hydroxylation is 1. The summed E-state index contributed by atoms with van der Waals surface area (Å²) in [4.78, 5) is 8.61. The molecule has 0 saturated carbocycles. The summed E-state index contributed by atoms with van der Waals surface area (Å²) in [6.07, 6.45) is 0. The fourth-order valence-electron chi connectivity index (χ4n) is 1.73. The largest absolute Gasteiger partial charge is 0.376 e. The fourth-order valence-corrected chi connectivity index (χ4v) is 3.79. The van der Waals surface area contributed by atoms with E-state index in [-0.39, 0.29) is 0 Å². The highest BCUT2D eigenvalue weighted by Gasteiger charge is 2.33. The SMILES string of the molecule is Cc1csc([C@@](C)(O)c2nnc(Nc3cccc(Br)n3)s2)n1. The molecule has 0 spiro atoms. The Bertz CT molecular complexity index is 801. The van der Waals surface area contributed by atoms with Gasteiger partial charge >= 0.3 is 0 Å². The van der Waals surface area contributed by atoms with Gasteiger partial charge in [-0.15, -0.1) is 21.5 Å². The Morgan fingerprint density at radius 1 is 1.23 bits per heavy atom. The molecule has 0 amide bonds. The number of halogens is 1. The molecule has 3 heterocycles. The van der Waals surface area contributed by atoms with E-state index < -0.39 is 5.60 Å². The predicted molar refractivity (Wildman–Crippen MR) is 90.7 cm³/mol. The second-order valence-corrected chi connectivity index (χ2v) is 7.40. The topological polar surface area (TPSA) is 83.8 Å². The fraction of sp³-hybridized carbons (Fsp3) is 0.231. The quantitative estimate of drug-likeness (QED) is 0.655. The normalized spacial score (nSPS) is 13.8. The smallest absolute Gasteiger partial charge is 0.211 e. The van der Waals surface area contributed by atoms with Gasteiger partial charge in [0.25, 0.3) is 0 Å². The second kappa shape index (κ2) is 5.99. The van der Waals surface area contributed by atoms with Gasteiger partial charge in [-0.05, 0) is 41.9 Å². The highest BCUT2D eigenvalue weighted by Crippen LogP contribution is 2.34. The summed E-state index contributed by atoms with van der Waals surface area (Å²) in [6, 6.07) is 5.54. The van der Waals surface area contributed by atoms with E-state index in [2.05, 4.69) is 41.4 Å². The molecule has 6 nitrogen and oxygen atoms in total. The number of nitrogens with zero attached hydrogens (tertiary/aromatic N) is 4. The summed E-state index contributed by atoms with van der Waals surface area (Å²) in [5.74, 6) is 0.654. The second-order valence-electron chi connectivity index (χ2n) is 4.75. The molecule has 114 valence electrons. The van der Waals surface area contributed by atoms with Crippen LogP contribution in [0.1, 0.15) is 22.6 Å². The van der Waals surface area contributed by atoms with Crippen molar-refractivity contribution in [2.75, 3.05) is 5.32 Å². The molecule has 22 heavy (non-hydrogen) atoms. The van der Waals surface area contributed by atoms with Crippen molar-refractivity contribution >= 4 is 49.6 Å². The van der Waals surface area contributed by atoms with Gasteiger partial charge in [0.2, 0.25) is 5.13 Å². The van der Waals surface area contributed by atoms with Gasteiger partial charge in [-0.1, -0.05) is 17.4 Å². The van der Waals surface area contributed by atoms with Crippen LogP contribution >= 0.6 is 38.6 Å². The molecular formula is C13H12BrN5OS2. The van der Waals surface area contributed by atoms with Crippen molar-refractivity contribution < 1.29 is 5.11 Å². The molecule has 1 atom stereocenters. The Balaban J connectivity index is 1.84. The molecule has 0 bridgehead atoms. The summed E-state index contributed by atoms with van der Waals surface area (Å²) in [5, 5.41) is 25.5. The Hall–Kier alpha value is -1.42. The van der Waals surface area contributed by atoms with Crippen LogP contribution in [0.5, 0.6) is 0 Å². The van der Waals surface area contributed by atoms with Crippen molar-refractivity contribution in [2.24, 2.45) is 0 Å². The van der Waals surface area contributed by atoms with Gasteiger partial charge < -0.3 is 10.4 Å². The van der Waals surface area contributed by atoms with Crippen molar-refractivity contribution in [1.29, 1.82) is 0 Å². The zero-order valence-electron chi connectivity index (χ0n) is 11.7. The van der Waals surface area contributed by atoms with Gasteiger partial charge in [0.05, 0.1) is 0 Å². The first-order valence-electron chi connectivity index (χ1n) is 6.33. The number of rotatable bonds is 4. The van der Waals surface area contributed by atoms with Crippen LogP contribution in [0.4, 0.5) is 10.9 Å². The Labute approximate surface area is 143 Å². The molecule has 0 radical (unpaired) electrons. The van der Waals surface area contributed by atoms with Crippen LogP contribution in [0.3, 0.4) is 0 Å². The van der Waals surface area contributed by atoms with Crippen LogP contribution < -0.4 is 5.32 Å². The maximum absolute atomic E-state index is 10.7. The van der Waals surface area contributed by atoms with E-state index in [0.29, 0.717) is 21.0 Å². The molecule has 9 heteroatoms. The monoisotopic (exact) mass is 397 g/mol. The lowest BCUT2D eigenvalue weighted by atomic mass is 10.1. The summed E-state index contributed by atoms with van der Waals surface area (Å²) in [5.41, 5.74) is -0.372. The Morgan fingerprint density at radius 2 is 2.05 bits per heavy atom.